The molecule has 2 N–H and O–H groups in total. The summed E-state index contributed by atoms with van der Waals surface area (Å²) in [7, 11) is 4.29. The van der Waals surface area contributed by atoms with Crippen LogP contribution in [-0.4, -0.2) is 48.4 Å². The van der Waals surface area contributed by atoms with E-state index in [1.54, 1.807) is 0 Å². The van der Waals surface area contributed by atoms with E-state index in [2.05, 4.69) is 70.6 Å². The Morgan fingerprint density at radius 2 is 2.09 bits per heavy atom. The SMILES string of the molecule is Cc1ccc([C@@H](CNC[C@H]2CNc3ccnn3C2)N(C)C)cc1. The lowest BCUT2D eigenvalue weighted by Crippen LogP contribution is -2.38. The van der Waals surface area contributed by atoms with Gasteiger partial charge >= 0.3 is 0 Å². The minimum Gasteiger partial charge on any atom is -0.370 e. The first kappa shape index (κ1) is 16.0. The number of anilines is 1. The van der Waals surface area contributed by atoms with Gasteiger partial charge in [0.1, 0.15) is 5.82 Å². The topological polar surface area (TPSA) is 45.1 Å². The Morgan fingerprint density at radius 1 is 1.30 bits per heavy atom. The Bertz CT molecular complexity index is 617. The van der Waals surface area contributed by atoms with E-state index >= 15 is 0 Å². The van der Waals surface area contributed by atoms with Gasteiger partial charge in [0.25, 0.3) is 0 Å². The summed E-state index contributed by atoms with van der Waals surface area (Å²) in [6.45, 7) is 6.09. The zero-order chi connectivity index (χ0) is 16.2. The number of nitrogens with zero attached hydrogens (tertiary/aromatic N) is 3. The molecule has 1 aliphatic rings. The molecule has 2 aromatic rings. The van der Waals surface area contributed by atoms with Gasteiger partial charge in [-0.1, -0.05) is 29.8 Å². The number of rotatable bonds is 6. The van der Waals surface area contributed by atoms with Crippen molar-refractivity contribution in [3.05, 3.63) is 47.7 Å². The van der Waals surface area contributed by atoms with E-state index in [0.717, 1.165) is 32.0 Å². The molecule has 5 nitrogen and oxygen atoms in total. The van der Waals surface area contributed by atoms with Crippen molar-refractivity contribution in [2.45, 2.75) is 19.5 Å². The molecule has 3 rings (SSSR count). The standard InChI is InChI=1S/C18H27N5/c1-14-4-6-16(7-5-14)17(22(2)3)12-19-10-15-11-20-18-8-9-21-23(18)13-15/h4-9,15,17,19-20H,10-13H2,1-3H3/t15-,17+/m0/s1. The number of fused-ring (bicyclic) bond motifs is 1. The second-order valence-corrected chi connectivity index (χ2v) is 6.69. The van der Waals surface area contributed by atoms with E-state index < -0.39 is 0 Å². The highest BCUT2D eigenvalue weighted by Gasteiger charge is 2.19. The van der Waals surface area contributed by atoms with Gasteiger partial charge in [-0.3, -0.25) is 0 Å². The molecule has 124 valence electrons. The van der Waals surface area contributed by atoms with Crippen molar-refractivity contribution in [2.24, 2.45) is 5.92 Å². The van der Waals surface area contributed by atoms with Crippen molar-refractivity contribution in [3.8, 4) is 0 Å². The molecule has 5 heteroatoms. The predicted molar refractivity (Wildman–Crippen MR) is 94.7 cm³/mol. The van der Waals surface area contributed by atoms with Crippen LogP contribution in [0.25, 0.3) is 0 Å². The largest absolute Gasteiger partial charge is 0.370 e. The average Bonchev–Trinajstić information content (AvgIpc) is 3.00. The Kier molecular flexibility index (Phi) is 4.98. The summed E-state index contributed by atoms with van der Waals surface area (Å²) >= 11 is 0. The highest BCUT2D eigenvalue weighted by molar-refractivity contribution is 5.35. The first-order chi connectivity index (χ1) is 11.1. The van der Waals surface area contributed by atoms with Crippen LogP contribution in [-0.2, 0) is 6.54 Å². The van der Waals surface area contributed by atoms with Crippen LogP contribution in [0.15, 0.2) is 36.5 Å². The second-order valence-electron chi connectivity index (χ2n) is 6.69. The molecule has 0 saturated carbocycles. The maximum absolute atomic E-state index is 4.35. The third-order valence-corrected chi connectivity index (χ3v) is 4.58. The van der Waals surface area contributed by atoms with Crippen LogP contribution in [0.3, 0.4) is 0 Å². The normalized spacial score (nSPS) is 18.5. The van der Waals surface area contributed by atoms with Crippen molar-refractivity contribution in [2.75, 3.05) is 39.0 Å². The number of nitrogens with one attached hydrogen (secondary N) is 2. The lowest BCUT2D eigenvalue weighted by molar-refractivity contribution is 0.279. The van der Waals surface area contributed by atoms with Crippen LogP contribution in [0.1, 0.15) is 17.2 Å². The Balaban J connectivity index is 1.53. The number of benzene rings is 1. The molecule has 1 aromatic carbocycles. The minimum absolute atomic E-state index is 0.396. The van der Waals surface area contributed by atoms with Crippen LogP contribution in [0.2, 0.25) is 0 Å². The summed E-state index contributed by atoms with van der Waals surface area (Å²) in [6, 6.07) is 11.3. The van der Waals surface area contributed by atoms with Gasteiger partial charge in [0.15, 0.2) is 0 Å². The molecule has 0 amide bonds. The van der Waals surface area contributed by atoms with Crippen molar-refractivity contribution in [1.29, 1.82) is 0 Å². The zero-order valence-corrected chi connectivity index (χ0v) is 14.3. The van der Waals surface area contributed by atoms with Crippen molar-refractivity contribution in [1.82, 2.24) is 20.0 Å². The van der Waals surface area contributed by atoms with E-state index in [0.29, 0.717) is 12.0 Å². The average molecular weight is 313 g/mol. The first-order valence-electron chi connectivity index (χ1n) is 8.33. The Hall–Kier alpha value is -1.85. The highest BCUT2D eigenvalue weighted by Crippen LogP contribution is 2.19. The summed E-state index contributed by atoms with van der Waals surface area (Å²) in [4.78, 5) is 2.28. The van der Waals surface area contributed by atoms with Crippen LogP contribution < -0.4 is 10.6 Å². The molecule has 0 fully saturated rings. The smallest absolute Gasteiger partial charge is 0.124 e. The third kappa shape index (κ3) is 3.92. The van der Waals surface area contributed by atoms with Crippen molar-refractivity contribution in [3.63, 3.8) is 0 Å². The van der Waals surface area contributed by atoms with E-state index in [9.17, 15) is 0 Å². The first-order valence-corrected chi connectivity index (χ1v) is 8.33. The second kappa shape index (κ2) is 7.15. The van der Waals surface area contributed by atoms with E-state index in [1.165, 1.54) is 11.1 Å². The molecule has 2 atom stereocenters. The summed E-state index contributed by atoms with van der Waals surface area (Å²) in [5.74, 6) is 1.70. The number of aromatic nitrogens is 2. The molecule has 1 aromatic heterocycles. The van der Waals surface area contributed by atoms with Gasteiger partial charge in [0.2, 0.25) is 0 Å². The van der Waals surface area contributed by atoms with Crippen molar-refractivity contribution < 1.29 is 0 Å². The maximum atomic E-state index is 4.35. The molecule has 0 bridgehead atoms. The fourth-order valence-corrected chi connectivity index (χ4v) is 3.13. The Labute approximate surface area is 138 Å². The van der Waals surface area contributed by atoms with Gasteiger partial charge in [-0.2, -0.15) is 5.10 Å². The molecule has 0 saturated heterocycles. The fraction of sp³-hybridized carbons (Fsp3) is 0.500. The van der Waals surface area contributed by atoms with E-state index in [-0.39, 0.29) is 0 Å². The number of likely N-dealkylation sites (N-methyl/N-ethyl adjacent to an activating group) is 1. The molecule has 1 aliphatic heterocycles. The maximum Gasteiger partial charge on any atom is 0.124 e. The lowest BCUT2D eigenvalue weighted by atomic mass is 10.0. The van der Waals surface area contributed by atoms with Gasteiger partial charge in [-0.25, -0.2) is 4.68 Å². The predicted octanol–water partition coefficient (Wildman–Crippen LogP) is 2.13. The van der Waals surface area contributed by atoms with Gasteiger partial charge in [-0.15, -0.1) is 0 Å². The van der Waals surface area contributed by atoms with Gasteiger partial charge in [-0.05, 0) is 26.6 Å². The van der Waals surface area contributed by atoms with Gasteiger partial charge in [0.05, 0.1) is 6.20 Å². The van der Waals surface area contributed by atoms with E-state index in [1.807, 2.05) is 12.3 Å². The lowest BCUT2D eigenvalue weighted by Gasteiger charge is -2.28. The molecular formula is C18H27N5. The zero-order valence-electron chi connectivity index (χ0n) is 14.3. The monoisotopic (exact) mass is 313 g/mol. The molecule has 0 unspecified atom stereocenters. The molecule has 2 heterocycles. The van der Waals surface area contributed by atoms with E-state index in [4.69, 9.17) is 0 Å². The van der Waals surface area contributed by atoms with Crippen LogP contribution in [0.4, 0.5) is 5.82 Å². The summed E-state index contributed by atoms with van der Waals surface area (Å²) in [5, 5.41) is 11.4. The van der Waals surface area contributed by atoms with Crippen LogP contribution in [0.5, 0.6) is 0 Å². The van der Waals surface area contributed by atoms with Crippen LogP contribution in [0, 0.1) is 12.8 Å². The molecule has 0 radical (unpaired) electrons. The van der Waals surface area contributed by atoms with Gasteiger partial charge in [0, 0.05) is 44.2 Å². The number of hydrogen-bond donors (Lipinski definition) is 2. The molecule has 0 aliphatic carbocycles. The minimum atomic E-state index is 0.396. The van der Waals surface area contributed by atoms with Gasteiger partial charge < -0.3 is 15.5 Å². The summed E-state index contributed by atoms with van der Waals surface area (Å²) in [6.07, 6.45) is 1.86. The van der Waals surface area contributed by atoms with Crippen molar-refractivity contribution >= 4 is 5.82 Å². The Morgan fingerprint density at radius 3 is 2.83 bits per heavy atom. The number of aryl methyl sites for hydroxylation is 1. The summed E-state index contributed by atoms with van der Waals surface area (Å²) in [5.41, 5.74) is 2.67. The third-order valence-electron chi connectivity index (χ3n) is 4.58. The quantitative estimate of drug-likeness (QED) is 0.857. The van der Waals surface area contributed by atoms with Crippen LogP contribution >= 0.6 is 0 Å². The summed E-state index contributed by atoms with van der Waals surface area (Å²) < 4.78 is 2.05. The fourth-order valence-electron chi connectivity index (χ4n) is 3.13. The molecule has 0 spiro atoms. The molecule has 23 heavy (non-hydrogen) atoms. The highest BCUT2D eigenvalue weighted by atomic mass is 15.3. The number of hydrogen-bond acceptors (Lipinski definition) is 4. The molecular weight excluding hydrogens is 286 g/mol.